The van der Waals surface area contributed by atoms with Crippen molar-refractivity contribution in [1.29, 1.82) is 0 Å². The Hall–Kier alpha value is -3.29. The number of halogens is 3. The van der Waals surface area contributed by atoms with Crippen LogP contribution < -0.4 is 10.1 Å². The second-order valence-corrected chi connectivity index (χ2v) is 6.73. The van der Waals surface area contributed by atoms with E-state index in [1.165, 1.54) is 36.4 Å². The molecule has 2 aromatic carbocycles. The van der Waals surface area contributed by atoms with E-state index in [0.29, 0.717) is 17.1 Å². The summed E-state index contributed by atoms with van der Waals surface area (Å²) in [5.74, 6) is -0.713. The van der Waals surface area contributed by atoms with Crippen molar-refractivity contribution in [3.63, 3.8) is 0 Å². The highest BCUT2D eigenvalue weighted by Gasteiger charge is 2.25. The van der Waals surface area contributed by atoms with Crippen LogP contribution in [0.4, 0.5) is 18.9 Å². The zero-order chi connectivity index (χ0) is 20.4. The number of anilines is 1. The highest BCUT2D eigenvalue weighted by molar-refractivity contribution is 6.04. The maximum Gasteiger partial charge on any atom is 0.387 e. The van der Waals surface area contributed by atoms with Gasteiger partial charge in [-0.3, -0.25) is 4.79 Å². The van der Waals surface area contributed by atoms with Gasteiger partial charge >= 0.3 is 6.61 Å². The number of nitrogens with one attached hydrogen (secondary N) is 1. The summed E-state index contributed by atoms with van der Waals surface area (Å²) in [6, 6.07) is 11.6. The molecule has 0 saturated heterocycles. The number of alkyl halides is 2. The van der Waals surface area contributed by atoms with Crippen molar-refractivity contribution in [2.24, 2.45) is 0 Å². The van der Waals surface area contributed by atoms with E-state index >= 15 is 0 Å². The van der Waals surface area contributed by atoms with Gasteiger partial charge in [-0.05, 0) is 74.2 Å². The molecule has 1 heterocycles. The molecule has 0 bridgehead atoms. The van der Waals surface area contributed by atoms with E-state index < -0.39 is 6.61 Å². The largest absolute Gasteiger partial charge is 0.435 e. The summed E-state index contributed by atoms with van der Waals surface area (Å²) in [5, 5.41) is 7.25. The zero-order valence-corrected chi connectivity index (χ0v) is 15.4. The van der Waals surface area contributed by atoms with E-state index in [4.69, 9.17) is 0 Å². The van der Waals surface area contributed by atoms with Crippen molar-refractivity contribution in [3.05, 3.63) is 71.3 Å². The second kappa shape index (κ2) is 7.98. The van der Waals surface area contributed by atoms with Gasteiger partial charge in [0.1, 0.15) is 11.6 Å². The van der Waals surface area contributed by atoms with Gasteiger partial charge in [0, 0.05) is 16.9 Å². The van der Waals surface area contributed by atoms with Crippen molar-refractivity contribution in [2.75, 3.05) is 5.32 Å². The Labute approximate surface area is 165 Å². The molecular weight excluding hydrogens is 383 g/mol. The molecule has 29 heavy (non-hydrogen) atoms. The topological polar surface area (TPSA) is 56.1 Å². The number of hydrogen-bond acceptors (Lipinski definition) is 3. The first-order valence-electron chi connectivity index (χ1n) is 9.24. The van der Waals surface area contributed by atoms with Crippen LogP contribution in [0.15, 0.2) is 48.5 Å². The summed E-state index contributed by atoms with van der Waals surface area (Å²) < 4.78 is 43.8. The molecule has 1 amide bonds. The summed E-state index contributed by atoms with van der Waals surface area (Å²) in [7, 11) is 0. The van der Waals surface area contributed by atoms with Crippen LogP contribution in [0.25, 0.3) is 5.69 Å². The number of fused-ring (bicyclic) bond motifs is 1. The van der Waals surface area contributed by atoms with Crippen LogP contribution in [-0.4, -0.2) is 22.3 Å². The van der Waals surface area contributed by atoms with Gasteiger partial charge in [-0.25, -0.2) is 9.07 Å². The van der Waals surface area contributed by atoms with Crippen LogP contribution in [0.2, 0.25) is 0 Å². The average Bonchev–Trinajstić information content (AvgIpc) is 3.10. The number of rotatable bonds is 5. The van der Waals surface area contributed by atoms with Crippen LogP contribution in [0.5, 0.6) is 5.75 Å². The predicted octanol–water partition coefficient (Wildman–Crippen LogP) is 4.74. The number of ether oxygens (including phenoxy) is 1. The standard InChI is InChI=1S/C21H18F3N3O2/c22-13-5-9-15(10-6-13)27-18-4-2-1-3-17(18)19(26-27)20(28)25-14-7-11-16(12-8-14)29-21(23)24/h5-12,21H,1-4H2,(H,25,28). The Morgan fingerprint density at radius 2 is 1.72 bits per heavy atom. The summed E-state index contributed by atoms with van der Waals surface area (Å²) in [6.07, 6.45) is 3.47. The van der Waals surface area contributed by atoms with Gasteiger partial charge in [0.25, 0.3) is 5.91 Å². The van der Waals surface area contributed by atoms with E-state index in [0.717, 1.165) is 36.9 Å². The molecule has 0 spiro atoms. The van der Waals surface area contributed by atoms with E-state index in [2.05, 4.69) is 15.2 Å². The predicted molar refractivity (Wildman–Crippen MR) is 101 cm³/mol. The molecule has 150 valence electrons. The maximum atomic E-state index is 13.3. The first-order chi connectivity index (χ1) is 14.0. The molecule has 0 unspecified atom stereocenters. The SMILES string of the molecule is O=C(Nc1ccc(OC(F)F)cc1)c1nn(-c2ccc(F)cc2)c2c1CCCC2. The van der Waals surface area contributed by atoms with Gasteiger partial charge in [0.05, 0.1) is 5.69 Å². The number of carbonyl (C=O) groups excluding carboxylic acids is 1. The highest BCUT2D eigenvalue weighted by Crippen LogP contribution is 2.28. The fourth-order valence-corrected chi connectivity index (χ4v) is 3.49. The van der Waals surface area contributed by atoms with Crippen LogP contribution in [0.1, 0.15) is 34.6 Å². The summed E-state index contributed by atoms with van der Waals surface area (Å²) in [5.41, 5.74) is 3.29. The minimum atomic E-state index is -2.91. The third kappa shape index (κ3) is 4.11. The third-order valence-corrected chi connectivity index (χ3v) is 4.80. The fraction of sp³-hybridized carbons (Fsp3) is 0.238. The van der Waals surface area contributed by atoms with Crippen LogP contribution in [0.3, 0.4) is 0 Å². The van der Waals surface area contributed by atoms with Crippen molar-refractivity contribution in [2.45, 2.75) is 32.3 Å². The molecule has 0 atom stereocenters. The van der Waals surface area contributed by atoms with E-state index in [-0.39, 0.29) is 17.5 Å². The first kappa shape index (κ1) is 19.0. The van der Waals surface area contributed by atoms with Crippen molar-refractivity contribution in [1.82, 2.24) is 9.78 Å². The minimum absolute atomic E-state index is 0.0102. The normalized spacial score (nSPS) is 13.2. The van der Waals surface area contributed by atoms with Crippen LogP contribution in [0, 0.1) is 5.82 Å². The second-order valence-electron chi connectivity index (χ2n) is 6.73. The molecule has 3 aromatic rings. The van der Waals surface area contributed by atoms with Gasteiger partial charge < -0.3 is 10.1 Å². The van der Waals surface area contributed by atoms with Gasteiger partial charge in [-0.1, -0.05) is 0 Å². The molecule has 0 fully saturated rings. The average molecular weight is 401 g/mol. The number of aromatic nitrogens is 2. The Bertz CT molecular complexity index is 1010. The Kier molecular flexibility index (Phi) is 5.24. The molecule has 8 heteroatoms. The lowest BCUT2D eigenvalue weighted by Crippen LogP contribution is -2.15. The summed E-state index contributed by atoms with van der Waals surface area (Å²) in [4.78, 5) is 12.8. The lowest BCUT2D eigenvalue weighted by molar-refractivity contribution is -0.0498. The monoisotopic (exact) mass is 401 g/mol. The van der Waals surface area contributed by atoms with Crippen molar-refractivity contribution < 1.29 is 22.7 Å². The molecule has 0 saturated carbocycles. The Morgan fingerprint density at radius 1 is 1.03 bits per heavy atom. The maximum absolute atomic E-state index is 13.3. The molecule has 4 rings (SSSR count). The first-order valence-corrected chi connectivity index (χ1v) is 9.24. The Morgan fingerprint density at radius 3 is 2.41 bits per heavy atom. The van der Waals surface area contributed by atoms with E-state index in [9.17, 15) is 18.0 Å². The minimum Gasteiger partial charge on any atom is -0.435 e. The molecule has 1 aliphatic carbocycles. The molecule has 1 aromatic heterocycles. The molecule has 1 N–H and O–H groups in total. The van der Waals surface area contributed by atoms with Crippen molar-refractivity contribution >= 4 is 11.6 Å². The number of nitrogens with zero attached hydrogens (tertiary/aromatic N) is 2. The lowest BCUT2D eigenvalue weighted by Gasteiger charge is -2.14. The quantitative estimate of drug-likeness (QED) is 0.672. The number of benzene rings is 2. The van der Waals surface area contributed by atoms with Crippen LogP contribution in [-0.2, 0) is 12.8 Å². The fourth-order valence-electron chi connectivity index (χ4n) is 3.49. The number of hydrogen-bond donors (Lipinski definition) is 1. The van der Waals surface area contributed by atoms with Gasteiger partial charge in [-0.2, -0.15) is 13.9 Å². The molecular formula is C21H18F3N3O2. The molecule has 0 aliphatic heterocycles. The Balaban J connectivity index is 1.60. The molecule has 1 aliphatic rings. The smallest absolute Gasteiger partial charge is 0.387 e. The van der Waals surface area contributed by atoms with E-state index in [1.54, 1.807) is 16.8 Å². The molecule has 5 nitrogen and oxygen atoms in total. The highest BCUT2D eigenvalue weighted by atomic mass is 19.3. The van der Waals surface area contributed by atoms with Crippen molar-refractivity contribution in [3.8, 4) is 11.4 Å². The van der Waals surface area contributed by atoms with Gasteiger partial charge in [0.2, 0.25) is 0 Å². The zero-order valence-electron chi connectivity index (χ0n) is 15.4. The third-order valence-electron chi connectivity index (χ3n) is 4.80. The van der Waals surface area contributed by atoms with Gasteiger partial charge in [0.15, 0.2) is 5.69 Å². The summed E-state index contributed by atoms with van der Waals surface area (Å²) in [6.45, 7) is -2.91. The van der Waals surface area contributed by atoms with E-state index in [1.807, 2.05) is 0 Å². The lowest BCUT2D eigenvalue weighted by atomic mass is 9.95. The van der Waals surface area contributed by atoms with Crippen LogP contribution >= 0.6 is 0 Å². The number of carbonyl (C=O) groups is 1. The number of amides is 1. The molecule has 0 radical (unpaired) electrons. The van der Waals surface area contributed by atoms with Gasteiger partial charge in [-0.15, -0.1) is 0 Å². The summed E-state index contributed by atoms with van der Waals surface area (Å²) >= 11 is 0.